The third kappa shape index (κ3) is 2.94. The number of aromatic amines is 2. The zero-order valence-corrected chi connectivity index (χ0v) is 15.6. The van der Waals surface area contributed by atoms with Gasteiger partial charge in [-0.2, -0.15) is 5.10 Å². The van der Waals surface area contributed by atoms with Crippen molar-refractivity contribution in [2.24, 2.45) is 11.8 Å². The summed E-state index contributed by atoms with van der Waals surface area (Å²) in [5.74, 6) is 3.24. The second kappa shape index (κ2) is 6.78. The first-order valence-corrected chi connectivity index (χ1v) is 9.62. The topological polar surface area (TPSA) is 99.8 Å². The van der Waals surface area contributed by atoms with Crippen LogP contribution < -0.4 is 15.3 Å². The first kappa shape index (κ1) is 17.0. The summed E-state index contributed by atoms with van der Waals surface area (Å²) in [5.41, 5.74) is 1.46. The highest BCUT2D eigenvalue weighted by atomic mass is 16.5. The van der Waals surface area contributed by atoms with Gasteiger partial charge in [0.05, 0.1) is 18.8 Å². The smallest absolute Gasteiger partial charge is 0.340 e. The monoisotopic (exact) mass is 378 g/mol. The molecule has 1 saturated carbocycles. The van der Waals surface area contributed by atoms with Crippen molar-refractivity contribution in [3.8, 4) is 17.0 Å². The zero-order chi connectivity index (χ0) is 19.1. The van der Waals surface area contributed by atoms with Crippen LogP contribution in [0.15, 0.2) is 41.3 Å². The molecule has 2 unspecified atom stereocenters. The third-order valence-electron chi connectivity index (χ3n) is 5.75. The van der Waals surface area contributed by atoms with E-state index in [0.717, 1.165) is 30.0 Å². The second-order valence-corrected chi connectivity index (χ2v) is 7.43. The van der Waals surface area contributed by atoms with Crippen molar-refractivity contribution in [2.45, 2.75) is 25.3 Å². The molecule has 2 atom stereocenters. The molecule has 1 aliphatic carbocycles. The molecule has 1 aromatic carbocycles. The number of hydrogen-bond donors (Lipinski definition) is 2. The highest BCUT2D eigenvalue weighted by Crippen LogP contribution is 2.50. The van der Waals surface area contributed by atoms with E-state index in [-0.39, 0.29) is 11.7 Å². The predicted octanol–water partition coefficient (Wildman–Crippen LogP) is 2.54. The quantitative estimate of drug-likeness (QED) is 0.708. The summed E-state index contributed by atoms with van der Waals surface area (Å²) >= 11 is 0. The van der Waals surface area contributed by atoms with Crippen LogP contribution in [-0.2, 0) is 0 Å². The summed E-state index contributed by atoms with van der Waals surface area (Å²) < 4.78 is 5.49. The third-order valence-corrected chi connectivity index (χ3v) is 5.75. The Morgan fingerprint density at radius 2 is 2.04 bits per heavy atom. The van der Waals surface area contributed by atoms with E-state index in [4.69, 9.17) is 9.72 Å². The standard InChI is InChI=1S/C20H22N6O2/c1-28-16-5-3-2-4-14(16)15-8-10-21-19(22-15)26-11-9-13(12-6-7-12)17(26)18-23-20(27)25-24-18/h2-5,8,10,12-13,17H,6-7,9,11H2,1H3,(H2,23,24,25,27). The molecule has 1 saturated heterocycles. The Hall–Kier alpha value is -3.16. The van der Waals surface area contributed by atoms with E-state index >= 15 is 0 Å². The molecule has 1 aliphatic heterocycles. The van der Waals surface area contributed by atoms with E-state index in [1.165, 1.54) is 12.8 Å². The van der Waals surface area contributed by atoms with Gasteiger partial charge in [-0.1, -0.05) is 12.1 Å². The van der Waals surface area contributed by atoms with Crippen LogP contribution in [0.2, 0.25) is 0 Å². The van der Waals surface area contributed by atoms with Gasteiger partial charge in [-0.25, -0.2) is 19.9 Å². The maximum absolute atomic E-state index is 11.7. The Morgan fingerprint density at radius 3 is 2.79 bits per heavy atom. The molecular formula is C20H22N6O2. The van der Waals surface area contributed by atoms with Crippen LogP contribution in [0, 0.1) is 11.8 Å². The van der Waals surface area contributed by atoms with Crippen LogP contribution in [-0.4, -0.2) is 38.8 Å². The molecule has 8 heteroatoms. The van der Waals surface area contributed by atoms with Crippen LogP contribution in [0.1, 0.15) is 31.1 Å². The minimum Gasteiger partial charge on any atom is -0.496 e. The van der Waals surface area contributed by atoms with Crippen LogP contribution in [0.5, 0.6) is 5.75 Å². The number of hydrogen-bond acceptors (Lipinski definition) is 6. The predicted molar refractivity (Wildman–Crippen MR) is 104 cm³/mol. The molecule has 0 amide bonds. The minimum absolute atomic E-state index is 0.0145. The summed E-state index contributed by atoms with van der Waals surface area (Å²) in [6, 6.07) is 9.70. The molecule has 2 aromatic heterocycles. The van der Waals surface area contributed by atoms with Crippen LogP contribution >= 0.6 is 0 Å². The fourth-order valence-electron chi connectivity index (χ4n) is 4.33. The van der Waals surface area contributed by atoms with E-state index in [0.29, 0.717) is 23.6 Å². The summed E-state index contributed by atoms with van der Waals surface area (Å²) in [5, 5.41) is 6.74. The normalized spacial score (nSPS) is 21.8. The van der Waals surface area contributed by atoms with Crippen molar-refractivity contribution in [1.82, 2.24) is 25.1 Å². The number of anilines is 1. The van der Waals surface area contributed by atoms with Gasteiger partial charge in [0.25, 0.3) is 0 Å². The lowest BCUT2D eigenvalue weighted by molar-refractivity contribution is 0.413. The number of nitrogens with zero attached hydrogens (tertiary/aromatic N) is 4. The van der Waals surface area contributed by atoms with Crippen LogP contribution in [0.4, 0.5) is 5.95 Å². The molecule has 0 bridgehead atoms. The Labute approximate surface area is 162 Å². The molecule has 2 N–H and O–H groups in total. The minimum atomic E-state index is -0.278. The Bertz CT molecular complexity index is 1040. The summed E-state index contributed by atoms with van der Waals surface area (Å²) in [7, 11) is 1.66. The van der Waals surface area contributed by atoms with Crippen molar-refractivity contribution < 1.29 is 4.74 Å². The Balaban J connectivity index is 1.54. The number of methoxy groups -OCH3 is 1. The van der Waals surface area contributed by atoms with Gasteiger partial charge in [0.1, 0.15) is 5.75 Å². The number of para-hydroxylation sites is 1. The van der Waals surface area contributed by atoms with Gasteiger partial charge in [0.2, 0.25) is 5.95 Å². The molecule has 3 aromatic rings. The lowest BCUT2D eigenvalue weighted by Gasteiger charge is -2.26. The summed E-state index contributed by atoms with van der Waals surface area (Å²) in [6.45, 7) is 0.843. The highest BCUT2D eigenvalue weighted by molar-refractivity contribution is 5.67. The average Bonchev–Trinajstić information content (AvgIpc) is 3.34. The van der Waals surface area contributed by atoms with Crippen molar-refractivity contribution >= 4 is 5.95 Å². The van der Waals surface area contributed by atoms with Gasteiger partial charge in [-0.3, -0.25) is 4.98 Å². The van der Waals surface area contributed by atoms with Gasteiger partial charge in [0, 0.05) is 18.3 Å². The summed E-state index contributed by atoms with van der Waals surface area (Å²) in [4.78, 5) is 26.1. The van der Waals surface area contributed by atoms with Crippen molar-refractivity contribution in [2.75, 3.05) is 18.6 Å². The van der Waals surface area contributed by atoms with Gasteiger partial charge >= 0.3 is 5.69 Å². The van der Waals surface area contributed by atoms with E-state index in [2.05, 4.69) is 25.1 Å². The summed E-state index contributed by atoms with van der Waals surface area (Å²) in [6.07, 6.45) is 5.31. The van der Waals surface area contributed by atoms with Gasteiger partial charge in [-0.05, 0) is 49.3 Å². The number of rotatable bonds is 5. The molecule has 28 heavy (non-hydrogen) atoms. The molecular weight excluding hydrogens is 356 g/mol. The van der Waals surface area contributed by atoms with Crippen LogP contribution in [0.25, 0.3) is 11.3 Å². The lowest BCUT2D eigenvalue weighted by atomic mass is 9.94. The van der Waals surface area contributed by atoms with E-state index in [9.17, 15) is 4.79 Å². The maximum Gasteiger partial charge on any atom is 0.340 e. The number of aromatic nitrogens is 5. The Kier molecular flexibility index (Phi) is 4.11. The van der Waals surface area contributed by atoms with Gasteiger partial charge in [0.15, 0.2) is 5.82 Å². The first-order chi connectivity index (χ1) is 13.7. The molecule has 8 nitrogen and oxygen atoms in total. The maximum atomic E-state index is 11.7. The fourth-order valence-corrected chi connectivity index (χ4v) is 4.33. The SMILES string of the molecule is COc1ccccc1-c1ccnc(N2CCC(C3CC3)C2c2n[nH]c(=O)[nH]2)n1. The average molecular weight is 378 g/mol. The molecule has 5 rings (SSSR count). The second-order valence-electron chi connectivity index (χ2n) is 7.43. The largest absolute Gasteiger partial charge is 0.496 e. The fraction of sp³-hybridized carbons (Fsp3) is 0.400. The first-order valence-electron chi connectivity index (χ1n) is 9.62. The van der Waals surface area contributed by atoms with Crippen molar-refractivity contribution in [1.29, 1.82) is 0 Å². The van der Waals surface area contributed by atoms with E-state index < -0.39 is 0 Å². The van der Waals surface area contributed by atoms with E-state index in [1.807, 2.05) is 30.3 Å². The van der Waals surface area contributed by atoms with Crippen molar-refractivity contribution in [3.63, 3.8) is 0 Å². The van der Waals surface area contributed by atoms with E-state index in [1.54, 1.807) is 13.3 Å². The molecule has 3 heterocycles. The number of ether oxygens (including phenoxy) is 1. The Morgan fingerprint density at radius 1 is 1.18 bits per heavy atom. The molecule has 2 fully saturated rings. The molecule has 0 radical (unpaired) electrons. The van der Waals surface area contributed by atoms with Crippen LogP contribution in [0.3, 0.4) is 0 Å². The highest BCUT2D eigenvalue weighted by Gasteiger charge is 2.46. The molecule has 144 valence electrons. The molecule has 2 aliphatic rings. The zero-order valence-electron chi connectivity index (χ0n) is 15.6. The number of nitrogens with one attached hydrogen (secondary N) is 2. The number of benzene rings is 1. The lowest BCUT2D eigenvalue weighted by Crippen LogP contribution is -2.29. The van der Waals surface area contributed by atoms with Crippen molar-refractivity contribution in [3.05, 3.63) is 52.8 Å². The number of H-pyrrole nitrogens is 2. The van der Waals surface area contributed by atoms with Gasteiger partial charge in [-0.15, -0.1) is 0 Å². The molecule has 0 spiro atoms. The van der Waals surface area contributed by atoms with Gasteiger partial charge < -0.3 is 9.64 Å².